The summed E-state index contributed by atoms with van der Waals surface area (Å²) in [6.45, 7) is 4.92. The lowest BCUT2D eigenvalue weighted by atomic mass is 10.1. The van der Waals surface area contributed by atoms with Crippen LogP contribution in [-0.2, 0) is 26.2 Å². The molecule has 1 atom stereocenters. The Morgan fingerprint density at radius 2 is 1.65 bits per heavy atom. The first kappa shape index (κ1) is 28.2. The van der Waals surface area contributed by atoms with Crippen molar-refractivity contribution in [2.24, 2.45) is 0 Å². The van der Waals surface area contributed by atoms with E-state index in [0.717, 1.165) is 10.6 Å². The Balaban J connectivity index is 2.48. The summed E-state index contributed by atoms with van der Waals surface area (Å²) in [5.74, 6) is -0.902. The van der Waals surface area contributed by atoms with Crippen LogP contribution in [0, 0.1) is 0 Å². The fraction of sp³-hybridized carbons (Fsp3) is 0.391. The van der Waals surface area contributed by atoms with Crippen molar-refractivity contribution >= 4 is 62.3 Å². The predicted molar refractivity (Wildman–Crippen MR) is 138 cm³/mol. The molecule has 7 nitrogen and oxygen atoms in total. The summed E-state index contributed by atoms with van der Waals surface area (Å²) in [4.78, 5) is 27.9. The molecule has 1 N–H and O–H groups in total. The van der Waals surface area contributed by atoms with E-state index in [0.29, 0.717) is 17.0 Å². The molecule has 0 saturated carbocycles. The topological polar surface area (TPSA) is 86.8 Å². The third-order valence-corrected chi connectivity index (χ3v) is 7.23. The number of sulfonamides is 1. The number of nitrogens with zero attached hydrogens (tertiary/aromatic N) is 2. The highest BCUT2D eigenvalue weighted by Gasteiger charge is 2.32. The van der Waals surface area contributed by atoms with Crippen molar-refractivity contribution in [2.75, 3.05) is 17.1 Å². The zero-order valence-corrected chi connectivity index (χ0v) is 22.5. The molecule has 0 aliphatic rings. The molecule has 0 bridgehead atoms. The van der Waals surface area contributed by atoms with Gasteiger partial charge >= 0.3 is 0 Å². The number of carbonyl (C=O) groups is 2. The van der Waals surface area contributed by atoms with Crippen LogP contribution in [0.4, 0.5) is 5.69 Å². The van der Waals surface area contributed by atoms with Crippen molar-refractivity contribution in [3.63, 3.8) is 0 Å². The van der Waals surface area contributed by atoms with Gasteiger partial charge in [-0.15, -0.1) is 0 Å². The molecule has 2 rings (SSSR count). The van der Waals surface area contributed by atoms with Crippen molar-refractivity contribution in [3.05, 3.63) is 63.1 Å². The van der Waals surface area contributed by atoms with E-state index in [-0.39, 0.29) is 34.2 Å². The highest BCUT2D eigenvalue weighted by molar-refractivity contribution is 7.92. The molecule has 34 heavy (non-hydrogen) atoms. The molecule has 2 aromatic carbocycles. The van der Waals surface area contributed by atoms with Crippen LogP contribution in [0.15, 0.2) is 42.5 Å². The number of carbonyl (C=O) groups excluding carboxylic acids is 2. The number of benzene rings is 2. The lowest BCUT2D eigenvalue weighted by Gasteiger charge is -2.33. The number of nitrogens with one attached hydrogen (secondary N) is 1. The van der Waals surface area contributed by atoms with Crippen LogP contribution >= 0.6 is 34.8 Å². The van der Waals surface area contributed by atoms with Gasteiger partial charge < -0.3 is 10.2 Å². The molecular formula is C23H28Cl3N3O4S. The Morgan fingerprint density at radius 1 is 1.00 bits per heavy atom. The molecule has 11 heteroatoms. The normalized spacial score (nSPS) is 12.4. The fourth-order valence-electron chi connectivity index (χ4n) is 3.36. The summed E-state index contributed by atoms with van der Waals surface area (Å²) in [6.07, 6.45) is 1.31. The number of hydrogen-bond acceptors (Lipinski definition) is 4. The highest BCUT2D eigenvalue weighted by Crippen LogP contribution is 2.29. The number of amides is 2. The molecule has 0 fully saturated rings. The standard InChI is InChI=1S/C23H28Cl3N3O4S/c1-5-21(23(31)27-15(2)3)28(13-16-8-6-7-9-18(16)24)22(30)14-29(34(4,32)33)17-10-11-19(25)20(26)12-17/h6-12,15,21H,5,13-14H2,1-4H3,(H,27,31)/t21-/m1/s1. The summed E-state index contributed by atoms with van der Waals surface area (Å²) in [5.41, 5.74) is 0.816. The minimum absolute atomic E-state index is 0.0293. The largest absolute Gasteiger partial charge is 0.352 e. The zero-order valence-electron chi connectivity index (χ0n) is 19.4. The van der Waals surface area contributed by atoms with Crippen molar-refractivity contribution in [3.8, 4) is 0 Å². The van der Waals surface area contributed by atoms with E-state index in [1.807, 2.05) is 13.8 Å². The van der Waals surface area contributed by atoms with Gasteiger partial charge in [0.1, 0.15) is 12.6 Å². The van der Waals surface area contributed by atoms with Gasteiger partial charge in [-0.1, -0.05) is 59.9 Å². The minimum Gasteiger partial charge on any atom is -0.352 e. The Labute approximate surface area is 216 Å². The Bertz CT molecular complexity index is 1140. The maximum absolute atomic E-state index is 13.6. The molecular weight excluding hydrogens is 521 g/mol. The number of rotatable bonds is 10. The number of anilines is 1. The van der Waals surface area contributed by atoms with Crippen molar-refractivity contribution in [1.29, 1.82) is 0 Å². The second-order valence-electron chi connectivity index (χ2n) is 8.07. The van der Waals surface area contributed by atoms with E-state index in [9.17, 15) is 18.0 Å². The molecule has 2 amide bonds. The Morgan fingerprint density at radius 3 is 2.18 bits per heavy atom. The van der Waals surface area contributed by atoms with Gasteiger partial charge in [-0.2, -0.15) is 0 Å². The molecule has 0 aliphatic heterocycles. The van der Waals surface area contributed by atoms with E-state index in [1.54, 1.807) is 31.2 Å². The first-order valence-corrected chi connectivity index (χ1v) is 13.6. The van der Waals surface area contributed by atoms with Gasteiger partial charge in [-0.25, -0.2) is 8.42 Å². The predicted octanol–water partition coefficient (Wildman–Crippen LogP) is 4.74. The SMILES string of the molecule is CC[C@H](C(=O)NC(C)C)N(Cc1ccccc1Cl)C(=O)CN(c1ccc(Cl)c(Cl)c1)S(C)(=O)=O. The fourth-order valence-corrected chi connectivity index (χ4v) is 4.69. The van der Waals surface area contributed by atoms with Gasteiger partial charge in [0.25, 0.3) is 0 Å². The minimum atomic E-state index is -3.87. The molecule has 0 saturated heterocycles. The Hall–Kier alpha value is -2.00. The van der Waals surface area contributed by atoms with Crippen LogP contribution in [0.25, 0.3) is 0 Å². The molecule has 0 heterocycles. The molecule has 2 aromatic rings. The van der Waals surface area contributed by atoms with Gasteiger partial charge in [-0.3, -0.25) is 13.9 Å². The van der Waals surface area contributed by atoms with Crippen molar-refractivity contribution in [1.82, 2.24) is 10.2 Å². The number of halogens is 3. The second kappa shape index (κ2) is 12.1. The summed E-state index contributed by atoms with van der Waals surface area (Å²) in [5, 5.41) is 3.66. The summed E-state index contributed by atoms with van der Waals surface area (Å²) >= 11 is 18.4. The van der Waals surface area contributed by atoms with Crippen molar-refractivity contribution in [2.45, 2.75) is 45.8 Å². The highest BCUT2D eigenvalue weighted by atomic mass is 35.5. The maximum Gasteiger partial charge on any atom is 0.244 e. The van der Waals surface area contributed by atoms with Gasteiger partial charge in [0.15, 0.2) is 0 Å². The molecule has 0 aliphatic carbocycles. The van der Waals surface area contributed by atoms with Crippen LogP contribution in [-0.4, -0.2) is 50.0 Å². The zero-order chi connectivity index (χ0) is 25.6. The summed E-state index contributed by atoms with van der Waals surface area (Å²) in [7, 11) is -3.87. The smallest absolute Gasteiger partial charge is 0.244 e. The average Bonchev–Trinajstić information content (AvgIpc) is 2.73. The van der Waals surface area contributed by atoms with Gasteiger partial charge in [0, 0.05) is 17.6 Å². The third-order valence-electron chi connectivity index (χ3n) is 4.99. The summed E-state index contributed by atoms with van der Waals surface area (Å²) in [6, 6.07) is 10.3. The van der Waals surface area contributed by atoms with E-state index in [4.69, 9.17) is 34.8 Å². The van der Waals surface area contributed by atoms with Gasteiger partial charge in [-0.05, 0) is 50.1 Å². The van der Waals surface area contributed by atoms with Crippen LogP contribution in [0.2, 0.25) is 15.1 Å². The lowest BCUT2D eigenvalue weighted by Crippen LogP contribution is -2.53. The van der Waals surface area contributed by atoms with Crippen LogP contribution in [0.5, 0.6) is 0 Å². The second-order valence-corrected chi connectivity index (χ2v) is 11.2. The van der Waals surface area contributed by atoms with Crippen molar-refractivity contribution < 1.29 is 18.0 Å². The number of hydrogen-bond donors (Lipinski definition) is 1. The molecule has 0 aromatic heterocycles. The monoisotopic (exact) mass is 547 g/mol. The average molecular weight is 549 g/mol. The van der Waals surface area contributed by atoms with Crippen LogP contribution in [0.3, 0.4) is 0 Å². The quantitative estimate of drug-likeness (QED) is 0.464. The van der Waals surface area contributed by atoms with E-state index in [1.165, 1.54) is 23.1 Å². The van der Waals surface area contributed by atoms with E-state index >= 15 is 0 Å². The lowest BCUT2D eigenvalue weighted by molar-refractivity contribution is -0.140. The van der Waals surface area contributed by atoms with Crippen LogP contribution < -0.4 is 9.62 Å². The van der Waals surface area contributed by atoms with Crippen LogP contribution in [0.1, 0.15) is 32.8 Å². The summed E-state index contributed by atoms with van der Waals surface area (Å²) < 4.78 is 26.1. The third kappa shape index (κ3) is 7.50. The van der Waals surface area contributed by atoms with E-state index < -0.39 is 28.5 Å². The molecule has 0 radical (unpaired) electrons. The molecule has 0 unspecified atom stereocenters. The molecule has 186 valence electrons. The first-order valence-electron chi connectivity index (χ1n) is 10.6. The molecule has 0 spiro atoms. The first-order chi connectivity index (χ1) is 15.8. The Kier molecular flexibility index (Phi) is 10.1. The van der Waals surface area contributed by atoms with Gasteiger partial charge in [0.2, 0.25) is 21.8 Å². The van der Waals surface area contributed by atoms with Gasteiger partial charge in [0.05, 0.1) is 22.0 Å². The maximum atomic E-state index is 13.6. The van der Waals surface area contributed by atoms with E-state index in [2.05, 4.69) is 5.32 Å².